The van der Waals surface area contributed by atoms with E-state index in [0.717, 1.165) is 6.07 Å². The number of nitrogens with one attached hydrogen (secondary N) is 2. The summed E-state index contributed by atoms with van der Waals surface area (Å²) in [6.07, 6.45) is 0.121. The number of hydrogen-bond donors (Lipinski definition) is 2. The maximum absolute atomic E-state index is 13.4. The fraction of sp³-hybridized carbons (Fsp3) is 0.583. The summed E-state index contributed by atoms with van der Waals surface area (Å²) in [7, 11) is 0. The van der Waals surface area contributed by atoms with Crippen LogP contribution in [0.2, 0.25) is 0 Å². The average Bonchev–Trinajstić information content (AvgIpc) is 2.29. The molecule has 1 rings (SSSR count). The second-order valence-electron chi connectivity index (χ2n) is 4.03. The van der Waals surface area contributed by atoms with Gasteiger partial charge in [-0.3, -0.25) is 0 Å². The first kappa shape index (κ1) is 14.6. The van der Waals surface area contributed by atoms with Crippen LogP contribution in [0.5, 0.6) is 0 Å². The van der Waals surface area contributed by atoms with E-state index < -0.39 is 11.6 Å². The summed E-state index contributed by atoms with van der Waals surface area (Å²) in [5.74, 6) is -1.33. The number of halogens is 2. The summed E-state index contributed by atoms with van der Waals surface area (Å²) in [5.41, 5.74) is 0. The molecule has 0 spiro atoms. The van der Waals surface area contributed by atoms with Gasteiger partial charge in [0, 0.05) is 19.2 Å². The van der Waals surface area contributed by atoms with Gasteiger partial charge in [0.2, 0.25) is 0 Å². The Bertz CT molecular complexity index is 386. The Kier molecular flexibility index (Phi) is 5.77. The van der Waals surface area contributed by atoms with Crippen LogP contribution in [0.1, 0.15) is 20.8 Å². The van der Waals surface area contributed by atoms with Crippen LogP contribution in [-0.2, 0) is 4.74 Å². The Labute approximate surface area is 106 Å². The lowest BCUT2D eigenvalue weighted by Gasteiger charge is -2.11. The van der Waals surface area contributed by atoms with Crippen molar-refractivity contribution in [2.24, 2.45) is 0 Å². The molecular formula is C12H19F2N3O. The van der Waals surface area contributed by atoms with E-state index in [1.54, 1.807) is 0 Å². The molecule has 1 heterocycles. The van der Waals surface area contributed by atoms with E-state index in [1.807, 2.05) is 20.8 Å². The lowest BCUT2D eigenvalue weighted by atomic mass is 10.4. The molecule has 2 N–H and O–H groups in total. The van der Waals surface area contributed by atoms with Crippen LogP contribution >= 0.6 is 0 Å². The van der Waals surface area contributed by atoms with Crippen molar-refractivity contribution in [2.45, 2.75) is 26.9 Å². The van der Waals surface area contributed by atoms with Crippen LogP contribution in [0.4, 0.5) is 20.4 Å². The van der Waals surface area contributed by atoms with Gasteiger partial charge in [-0.25, -0.2) is 13.8 Å². The lowest BCUT2D eigenvalue weighted by Crippen LogP contribution is -2.15. The number of nitrogens with zero attached hydrogens (tertiary/aromatic N) is 1. The van der Waals surface area contributed by atoms with Gasteiger partial charge < -0.3 is 15.4 Å². The quantitative estimate of drug-likeness (QED) is 0.739. The minimum atomic E-state index is -0.710. The molecule has 18 heavy (non-hydrogen) atoms. The fourth-order valence-corrected chi connectivity index (χ4v) is 1.35. The standard InChI is InChI=1S/C12H19F2N3O/c1-4-15-11-9(13)7-10(14)12(17-11)16-5-6-18-8(2)3/h7-8H,4-6H2,1-3H3,(H2,15,16,17). The summed E-state index contributed by atoms with van der Waals surface area (Å²) in [5, 5.41) is 5.50. The smallest absolute Gasteiger partial charge is 0.168 e. The van der Waals surface area contributed by atoms with Gasteiger partial charge in [-0.05, 0) is 20.8 Å². The predicted molar refractivity (Wildman–Crippen MR) is 67.9 cm³/mol. The summed E-state index contributed by atoms with van der Waals surface area (Å²) in [6.45, 7) is 7.02. The highest BCUT2D eigenvalue weighted by molar-refractivity contribution is 5.47. The highest BCUT2D eigenvalue weighted by atomic mass is 19.1. The Morgan fingerprint density at radius 2 is 1.83 bits per heavy atom. The van der Waals surface area contributed by atoms with E-state index in [9.17, 15) is 8.78 Å². The summed E-state index contributed by atoms with van der Waals surface area (Å²) in [6, 6.07) is 0.816. The predicted octanol–water partition coefficient (Wildman–Crippen LogP) is 2.63. The minimum absolute atomic E-state index is 0.0275. The highest BCUT2D eigenvalue weighted by Gasteiger charge is 2.10. The molecule has 0 unspecified atom stereocenters. The van der Waals surface area contributed by atoms with Crippen LogP contribution in [0.25, 0.3) is 0 Å². The number of pyridine rings is 1. The Morgan fingerprint density at radius 3 is 2.39 bits per heavy atom. The van der Waals surface area contributed by atoms with Crippen molar-refractivity contribution in [1.82, 2.24) is 4.98 Å². The van der Waals surface area contributed by atoms with Gasteiger partial charge in [0.15, 0.2) is 23.3 Å². The number of aromatic nitrogens is 1. The molecule has 0 radical (unpaired) electrons. The zero-order valence-electron chi connectivity index (χ0n) is 10.9. The Hall–Kier alpha value is -1.43. The molecular weight excluding hydrogens is 240 g/mol. The third kappa shape index (κ3) is 4.44. The second-order valence-corrected chi connectivity index (χ2v) is 4.03. The van der Waals surface area contributed by atoms with E-state index in [0.29, 0.717) is 19.7 Å². The molecule has 0 atom stereocenters. The van der Waals surface area contributed by atoms with Crippen molar-refractivity contribution in [2.75, 3.05) is 30.3 Å². The number of hydrogen-bond acceptors (Lipinski definition) is 4. The van der Waals surface area contributed by atoms with Crippen molar-refractivity contribution >= 4 is 11.6 Å². The maximum Gasteiger partial charge on any atom is 0.168 e. The first-order chi connectivity index (χ1) is 8.54. The van der Waals surface area contributed by atoms with Crippen LogP contribution in [-0.4, -0.2) is 30.8 Å². The van der Waals surface area contributed by atoms with Gasteiger partial charge in [-0.1, -0.05) is 0 Å². The third-order valence-electron chi connectivity index (χ3n) is 2.12. The molecule has 0 aromatic carbocycles. The van der Waals surface area contributed by atoms with Crippen molar-refractivity contribution < 1.29 is 13.5 Å². The molecule has 0 aliphatic rings. The third-order valence-corrected chi connectivity index (χ3v) is 2.12. The molecule has 0 saturated heterocycles. The summed E-state index contributed by atoms with van der Waals surface area (Å²) >= 11 is 0. The molecule has 0 bridgehead atoms. The van der Waals surface area contributed by atoms with E-state index in [4.69, 9.17) is 4.74 Å². The number of ether oxygens (including phenoxy) is 1. The van der Waals surface area contributed by atoms with Crippen molar-refractivity contribution in [3.63, 3.8) is 0 Å². The molecule has 0 saturated carbocycles. The van der Waals surface area contributed by atoms with E-state index >= 15 is 0 Å². The average molecular weight is 259 g/mol. The summed E-state index contributed by atoms with van der Waals surface area (Å²) in [4.78, 5) is 3.85. The van der Waals surface area contributed by atoms with Crippen LogP contribution in [0.15, 0.2) is 6.07 Å². The topological polar surface area (TPSA) is 46.2 Å². The molecule has 0 fully saturated rings. The van der Waals surface area contributed by atoms with Crippen LogP contribution < -0.4 is 10.6 Å². The fourth-order valence-electron chi connectivity index (χ4n) is 1.35. The molecule has 0 aliphatic carbocycles. The molecule has 1 aromatic rings. The molecule has 0 aliphatic heterocycles. The van der Waals surface area contributed by atoms with E-state index in [2.05, 4.69) is 15.6 Å². The van der Waals surface area contributed by atoms with Gasteiger partial charge in [-0.2, -0.15) is 0 Å². The van der Waals surface area contributed by atoms with Crippen LogP contribution in [0, 0.1) is 11.6 Å². The molecule has 0 amide bonds. The summed E-state index contributed by atoms with van der Waals surface area (Å²) < 4.78 is 32.0. The minimum Gasteiger partial charge on any atom is -0.377 e. The normalized spacial score (nSPS) is 10.8. The van der Waals surface area contributed by atoms with Gasteiger partial charge in [0.25, 0.3) is 0 Å². The molecule has 4 nitrogen and oxygen atoms in total. The van der Waals surface area contributed by atoms with Crippen molar-refractivity contribution in [1.29, 1.82) is 0 Å². The van der Waals surface area contributed by atoms with Crippen molar-refractivity contribution in [3.05, 3.63) is 17.7 Å². The number of anilines is 2. The zero-order chi connectivity index (χ0) is 13.5. The molecule has 1 aromatic heterocycles. The zero-order valence-corrected chi connectivity index (χ0v) is 10.9. The first-order valence-electron chi connectivity index (χ1n) is 6.00. The largest absolute Gasteiger partial charge is 0.377 e. The van der Waals surface area contributed by atoms with E-state index in [-0.39, 0.29) is 17.7 Å². The Morgan fingerprint density at radius 1 is 1.22 bits per heavy atom. The lowest BCUT2D eigenvalue weighted by molar-refractivity contribution is 0.0870. The van der Waals surface area contributed by atoms with Gasteiger partial charge in [0.1, 0.15) is 0 Å². The molecule has 6 heteroatoms. The highest BCUT2D eigenvalue weighted by Crippen LogP contribution is 2.18. The van der Waals surface area contributed by atoms with Gasteiger partial charge >= 0.3 is 0 Å². The van der Waals surface area contributed by atoms with Gasteiger partial charge in [0.05, 0.1) is 12.7 Å². The van der Waals surface area contributed by atoms with E-state index in [1.165, 1.54) is 0 Å². The van der Waals surface area contributed by atoms with Gasteiger partial charge in [-0.15, -0.1) is 0 Å². The monoisotopic (exact) mass is 259 g/mol. The second kappa shape index (κ2) is 7.10. The Balaban J connectivity index is 2.61. The van der Waals surface area contributed by atoms with Crippen LogP contribution in [0.3, 0.4) is 0 Å². The first-order valence-corrected chi connectivity index (χ1v) is 6.00. The SMILES string of the molecule is CCNc1nc(NCCOC(C)C)c(F)cc1F. The number of rotatable bonds is 7. The maximum atomic E-state index is 13.4. The van der Waals surface area contributed by atoms with Crippen molar-refractivity contribution in [3.8, 4) is 0 Å². The molecule has 102 valence electrons.